The van der Waals surface area contributed by atoms with Crippen molar-refractivity contribution in [3.05, 3.63) is 61.2 Å². The van der Waals surface area contributed by atoms with Gasteiger partial charge in [-0.05, 0) is 25.0 Å². The van der Waals surface area contributed by atoms with Crippen molar-refractivity contribution in [3.8, 4) is 23.3 Å². The maximum Gasteiger partial charge on any atom is 0.279 e. The Kier molecular flexibility index (Phi) is 9.01. The highest BCUT2D eigenvalue weighted by molar-refractivity contribution is 7.89. The first-order chi connectivity index (χ1) is 18.8. The van der Waals surface area contributed by atoms with E-state index in [1.807, 2.05) is 13.8 Å². The van der Waals surface area contributed by atoms with Crippen molar-refractivity contribution in [2.45, 2.75) is 49.3 Å². The van der Waals surface area contributed by atoms with Crippen molar-refractivity contribution in [2.75, 3.05) is 13.1 Å². The second kappa shape index (κ2) is 11.9. The smallest absolute Gasteiger partial charge is 0.258 e. The van der Waals surface area contributed by atoms with E-state index in [1.165, 1.54) is 0 Å². The van der Waals surface area contributed by atoms with Gasteiger partial charge in [-0.2, -0.15) is 10.5 Å². The van der Waals surface area contributed by atoms with Gasteiger partial charge in [0.1, 0.15) is 17.7 Å². The van der Waals surface area contributed by atoms with Crippen LogP contribution in [0.4, 0.5) is 11.4 Å². The molecule has 0 fully saturated rings. The van der Waals surface area contributed by atoms with E-state index in [0.717, 1.165) is 24.3 Å². The molecule has 0 heterocycles. The normalized spacial score (nSPS) is 12.2. The number of nitriles is 2. The number of nitrogens with one attached hydrogen (secondary N) is 2. The predicted octanol–water partition coefficient (Wildman–Crippen LogP) is 3.49. The number of rotatable bonds is 12. The van der Waals surface area contributed by atoms with Crippen LogP contribution in [-0.4, -0.2) is 39.8 Å². The Morgan fingerprint density at radius 2 is 1.15 bits per heavy atom. The van der Waals surface area contributed by atoms with E-state index in [9.17, 15) is 47.6 Å². The summed E-state index contributed by atoms with van der Waals surface area (Å²) in [4.78, 5) is 21.3. The maximum atomic E-state index is 13.0. The van der Waals surface area contributed by atoms with E-state index in [4.69, 9.17) is 0 Å². The van der Waals surface area contributed by atoms with Crippen molar-refractivity contribution in [2.24, 2.45) is 0 Å². The Morgan fingerprint density at radius 3 is 1.45 bits per heavy atom. The second-order valence-electron chi connectivity index (χ2n) is 8.72. The van der Waals surface area contributed by atoms with E-state index in [0.29, 0.717) is 25.7 Å². The minimum absolute atomic E-state index is 0.0337. The summed E-state index contributed by atoms with van der Waals surface area (Å²) < 4.78 is 56.6. The van der Waals surface area contributed by atoms with Gasteiger partial charge in [0.15, 0.2) is 0 Å². The number of hydrogen-bond donors (Lipinski definition) is 2. The fourth-order valence-electron chi connectivity index (χ4n) is 4.20. The molecule has 0 unspecified atom stereocenters. The molecule has 0 aromatic heterocycles. The van der Waals surface area contributed by atoms with Crippen LogP contribution in [0.2, 0.25) is 0 Å². The van der Waals surface area contributed by atoms with Crippen molar-refractivity contribution in [3.63, 3.8) is 0 Å². The van der Waals surface area contributed by atoms with Crippen LogP contribution >= 0.6 is 0 Å². The van der Waals surface area contributed by atoms with E-state index in [2.05, 4.69) is 9.44 Å². The molecule has 0 atom stereocenters. The lowest BCUT2D eigenvalue weighted by atomic mass is 9.99. The van der Waals surface area contributed by atoms with E-state index in [-0.39, 0.29) is 29.8 Å². The molecule has 0 spiro atoms. The average molecular weight is 589 g/mol. The number of allylic oxidation sites excluding steroid dienone is 1. The lowest BCUT2D eigenvalue weighted by Gasteiger charge is -2.10. The van der Waals surface area contributed by atoms with Gasteiger partial charge in [0.05, 0.1) is 30.8 Å². The quantitative estimate of drug-likeness (QED) is 0.135. The van der Waals surface area contributed by atoms with E-state index in [1.54, 1.807) is 12.1 Å². The number of hydrogen-bond acceptors (Lipinski definition) is 10. The van der Waals surface area contributed by atoms with Crippen LogP contribution < -0.4 is 9.44 Å². The molecule has 0 saturated heterocycles. The number of nitrogens with zero attached hydrogens (tertiary/aromatic N) is 4. The zero-order chi connectivity index (χ0) is 29.8. The van der Waals surface area contributed by atoms with Crippen molar-refractivity contribution >= 4 is 37.0 Å². The number of nitro groups is 2. The summed E-state index contributed by atoms with van der Waals surface area (Å²) in [5.74, 6) is 0. The Balaban J connectivity index is 2.47. The molecule has 3 rings (SSSR count). The average Bonchev–Trinajstić information content (AvgIpc) is 3.22. The molecule has 210 valence electrons. The fraction of sp³-hybridized carbons (Fsp3) is 0.333. The van der Waals surface area contributed by atoms with Crippen LogP contribution in [0.5, 0.6) is 0 Å². The third-order valence-corrected chi connectivity index (χ3v) is 8.98. The molecule has 0 saturated carbocycles. The molecule has 0 amide bonds. The highest BCUT2D eigenvalue weighted by Crippen LogP contribution is 2.54. The molecule has 14 nitrogen and oxygen atoms in total. The van der Waals surface area contributed by atoms with Gasteiger partial charge >= 0.3 is 0 Å². The molecular formula is C24H24N6O8S2. The molecule has 2 aromatic carbocycles. The summed E-state index contributed by atoms with van der Waals surface area (Å²) >= 11 is 0. The summed E-state index contributed by atoms with van der Waals surface area (Å²) in [5.41, 5.74) is -4.06. The number of benzene rings is 2. The van der Waals surface area contributed by atoms with Gasteiger partial charge in [-0.25, -0.2) is 26.3 Å². The number of fused-ring (bicyclic) bond motifs is 3. The van der Waals surface area contributed by atoms with Crippen molar-refractivity contribution in [1.82, 2.24) is 9.44 Å². The molecular weight excluding hydrogens is 564 g/mol. The molecule has 40 heavy (non-hydrogen) atoms. The topological polar surface area (TPSA) is 226 Å². The lowest BCUT2D eigenvalue weighted by molar-refractivity contribution is -0.386. The van der Waals surface area contributed by atoms with Crippen molar-refractivity contribution < 1.29 is 26.7 Å². The first-order valence-corrected chi connectivity index (χ1v) is 15.0. The standard InChI is InChI=1S/C24H24N6O8S2/c1-3-5-7-27-39(35,36)16-9-18-22(15(13-25)14-26)19-10-17(40(37,38)28-8-6-4-2)12-21(30(33)34)24(19)23(18)20(11-16)29(31)32/h9-12,27-28H,3-8H2,1-2H3. The Hall–Kier alpha value is -4.22. The van der Waals surface area contributed by atoms with Crippen LogP contribution in [0.3, 0.4) is 0 Å². The van der Waals surface area contributed by atoms with E-state index >= 15 is 0 Å². The third kappa shape index (κ3) is 5.70. The maximum absolute atomic E-state index is 13.0. The minimum Gasteiger partial charge on any atom is -0.258 e. The lowest BCUT2D eigenvalue weighted by Crippen LogP contribution is -2.25. The highest BCUT2D eigenvalue weighted by Gasteiger charge is 2.41. The summed E-state index contributed by atoms with van der Waals surface area (Å²) in [7, 11) is -8.63. The van der Waals surface area contributed by atoms with Gasteiger partial charge in [0, 0.05) is 41.9 Å². The van der Waals surface area contributed by atoms with E-state index < -0.39 is 67.8 Å². The van der Waals surface area contributed by atoms with Gasteiger partial charge < -0.3 is 0 Å². The van der Waals surface area contributed by atoms with Gasteiger partial charge in [-0.3, -0.25) is 20.2 Å². The van der Waals surface area contributed by atoms with Crippen LogP contribution in [0, 0.1) is 42.9 Å². The van der Waals surface area contributed by atoms with Gasteiger partial charge in [0.2, 0.25) is 20.0 Å². The molecule has 16 heteroatoms. The number of unbranched alkanes of at least 4 members (excludes halogenated alkanes) is 2. The number of sulfonamides is 2. The fourth-order valence-corrected chi connectivity index (χ4v) is 6.44. The first kappa shape index (κ1) is 30.3. The SMILES string of the molecule is CCCCNS(=O)(=O)c1cc2c(c([N+](=O)[O-])c1)-c1c(cc(S(=O)(=O)NCCCC)cc1[N+](=O)[O-])C2=C(C#N)C#N. The summed E-state index contributed by atoms with van der Waals surface area (Å²) in [5, 5.41) is 43.7. The minimum atomic E-state index is -4.31. The molecule has 0 radical (unpaired) electrons. The largest absolute Gasteiger partial charge is 0.279 e. The van der Waals surface area contributed by atoms with Gasteiger partial charge in [-0.15, -0.1) is 0 Å². The Labute approximate surface area is 230 Å². The molecule has 2 N–H and O–H groups in total. The van der Waals surface area contributed by atoms with Gasteiger partial charge in [0.25, 0.3) is 11.4 Å². The first-order valence-electron chi connectivity index (χ1n) is 12.0. The Bertz CT molecular complexity index is 1610. The third-order valence-electron chi connectivity index (χ3n) is 6.10. The van der Waals surface area contributed by atoms with Crippen LogP contribution in [-0.2, 0) is 20.0 Å². The summed E-state index contributed by atoms with van der Waals surface area (Å²) in [6, 6.07) is 6.68. The molecule has 0 aliphatic heterocycles. The zero-order valence-electron chi connectivity index (χ0n) is 21.4. The Morgan fingerprint density at radius 1 is 0.775 bits per heavy atom. The molecule has 2 aromatic rings. The number of nitro benzene ring substituents is 2. The summed E-state index contributed by atoms with van der Waals surface area (Å²) in [6.07, 6.45) is 2.27. The van der Waals surface area contributed by atoms with Crippen LogP contribution in [0.15, 0.2) is 39.6 Å². The molecule has 1 aliphatic carbocycles. The zero-order valence-corrected chi connectivity index (χ0v) is 23.1. The molecule has 0 bridgehead atoms. The highest BCUT2D eigenvalue weighted by atomic mass is 32.2. The van der Waals surface area contributed by atoms with Crippen molar-refractivity contribution in [1.29, 1.82) is 10.5 Å². The molecule has 1 aliphatic rings. The van der Waals surface area contributed by atoms with Gasteiger partial charge in [-0.1, -0.05) is 26.7 Å². The monoisotopic (exact) mass is 588 g/mol. The summed E-state index contributed by atoms with van der Waals surface area (Å²) in [6.45, 7) is 3.72. The predicted molar refractivity (Wildman–Crippen MR) is 143 cm³/mol. The second-order valence-corrected chi connectivity index (χ2v) is 12.3. The van der Waals surface area contributed by atoms with Crippen LogP contribution in [0.25, 0.3) is 16.7 Å². The van der Waals surface area contributed by atoms with Crippen LogP contribution in [0.1, 0.15) is 50.7 Å².